The zero-order chi connectivity index (χ0) is 8.43. The van der Waals surface area contributed by atoms with E-state index in [1.807, 2.05) is 28.7 Å². The molecule has 0 aliphatic heterocycles. The molecule has 0 aromatic heterocycles. The highest BCUT2D eigenvalue weighted by Gasteiger charge is 2.07. The first kappa shape index (κ1) is 9.66. The monoisotopic (exact) mass is 377 g/mol. The van der Waals surface area contributed by atoms with Crippen molar-refractivity contribution in [3.05, 3.63) is 30.7 Å². The lowest BCUT2D eigenvalue weighted by atomic mass is 10.2. The van der Waals surface area contributed by atoms with Gasteiger partial charge in [0.15, 0.2) is 0 Å². The van der Waals surface area contributed by atoms with Crippen LogP contribution >= 0.6 is 45.2 Å². The normalized spacial score (nSPS) is 10.2. The van der Waals surface area contributed by atoms with Crippen molar-refractivity contribution < 1.29 is 4.39 Å². The Morgan fingerprint density at radius 2 is 2.00 bits per heavy atom. The van der Waals surface area contributed by atoms with E-state index >= 15 is 0 Å². The standard InChI is InChI=1S/C7H6FI2N/c8-6-4(3-11)1-2-5(9)7(6)10/h1-2H,3,11H2. The smallest absolute Gasteiger partial charge is 0.142 e. The third-order valence-corrected chi connectivity index (χ3v) is 4.32. The van der Waals surface area contributed by atoms with E-state index in [4.69, 9.17) is 5.73 Å². The molecule has 0 aliphatic carbocycles. The van der Waals surface area contributed by atoms with Crippen molar-refractivity contribution in [2.75, 3.05) is 0 Å². The molecular formula is C7H6FI2N. The third kappa shape index (κ3) is 2.03. The van der Waals surface area contributed by atoms with Crippen molar-refractivity contribution in [1.82, 2.24) is 0 Å². The van der Waals surface area contributed by atoms with E-state index in [1.54, 1.807) is 6.07 Å². The second-order valence-electron chi connectivity index (χ2n) is 2.04. The van der Waals surface area contributed by atoms with Gasteiger partial charge in [0.05, 0.1) is 3.57 Å². The van der Waals surface area contributed by atoms with Crippen LogP contribution in [0.2, 0.25) is 0 Å². The van der Waals surface area contributed by atoms with Crippen molar-refractivity contribution in [2.24, 2.45) is 5.73 Å². The maximum atomic E-state index is 13.2. The van der Waals surface area contributed by atoms with Crippen LogP contribution in [0.25, 0.3) is 0 Å². The van der Waals surface area contributed by atoms with Crippen molar-refractivity contribution in [1.29, 1.82) is 0 Å². The minimum absolute atomic E-state index is 0.181. The van der Waals surface area contributed by atoms with Crippen LogP contribution in [-0.4, -0.2) is 0 Å². The summed E-state index contributed by atoms with van der Waals surface area (Å²) in [6.07, 6.45) is 0. The fraction of sp³-hybridized carbons (Fsp3) is 0.143. The Bertz CT molecular complexity index is 275. The second kappa shape index (κ2) is 3.99. The molecule has 1 nitrogen and oxygen atoms in total. The summed E-state index contributed by atoms with van der Waals surface area (Å²) in [6.45, 7) is 0.263. The second-order valence-corrected chi connectivity index (χ2v) is 4.28. The van der Waals surface area contributed by atoms with Crippen molar-refractivity contribution in [3.63, 3.8) is 0 Å². The lowest BCUT2D eigenvalue weighted by Crippen LogP contribution is -2.02. The fourth-order valence-electron chi connectivity index (χ4n) is 0.724. The molecule has 4 heteroatoms. The van der Waals surface area contributed by atoms with Crippen LogP contribution in [0.15, 0.2) is 12.1 Å². The molecule has 0 aliphatic rings. The topological polar surface area (TPSA) is 26.0 Å². The lowest BCUT2D eigenvalue weighted by molar-refractivity contribution is 0.602. The molecule has 60 valence electrons. The fourth-order valence-corrected chi connectivity index (χ4v) is 1.67. The maximum Gasteiger partial charge on any atom is 0.142 e. The highest BCUT2D eigenvalue weighted by atomic mass is 127. The molecule has 0 amide bonds. The largest absolute Gasteiger partial charge is 0.326 e. The first-order valence-corrected chi connectivity index (χ1v) is 5.15. The molecule has 0 saturated heterocycles. The number of halogens is 3. The summed E-state index contributed by atoms with van der Waals surface area (Å²) in [7, 11) is 0. The highest BCUT2D eigenvalue weighted by molar-refractivity contribution is 14.1. The highest BCUT2D eigenvalue weighted by Crippen LogP contribution is 2.20. The van der Waals surface area contributed by atoms with E-state index in [9.17, 15) is 4.39 Å². The average molecular weight is 377 g/mol. The van der Waals surface area contributed by atoms with Crippen LogP contribution in [0.1, 0.15) is 5.56 Å². The molecule has 1 aromatic carbocycles. The molecular weight excluding hydrogens is 371 g/mol. The van der Waals surface area contributed by atoms with E-state index in [0.717, 1.165) is 3.57 Å². The summed E-state index contributed by atoms with van der Waals surface area (Å²) in [5.74, 6) is -0.181. The summed E-state index contributed by atoms with van der Waals surface area (Å²) in [6, 6.07) is 3.59. The summed E-state index contributed by atoms with van der Waals surface area (Å²) in [5, 5.41) is 0. The van der Waals surface area contributed by atoms with E-state index in [0.29, 0.717) is 9.13 Å². The number of benzene rings is 1. The van der Waals surface area contributed by atoms with Crippen LogP contribution in [-0.2, 0) is 6.54 Å². The predicted molar refractivity (Wildman–Crippen MR) is 59.7 cm³/mol. The molecule has 0 atom stereocenters. The minimum Gasteiger partial charge on any atom is -0.326 e. The van der Waals surface area contributed by atoms with Crippen LogP contribution in [0.3, 0.4) is 0 Å². The zero-order valence-corrected chi connectivity index (χ0v) is 9.89. The SMILES string of the molecule is NCc1ccc(I)c(I)c1F. The zero-order valence-electron chi connectivity index (χ0n) is 5.57. The van der Waals surface area contributed by atoms with Gasteiger partial charge in [-0.1, -0.05) is 6.07 Å². The van der Waals surface area contributed by atoms with Gasteiger partial charge in [0.2, 0.25) is 0 Å². The Kier molecular flexibility index (Phi) is 3.51. The third-order valence-electron chi connectivity index (χ3n) is 1.34. The Balaban J connectivity index is 3.25. The Morgan fingerprint density at radius 1 is 1.36 bits per heavy atom. The number of nitrogens with two attached hydrogens (primary N) is 1. The minimum atomic E-state index is -0.181. The molecule has 1 rings (SSSR count). The Morgan fingerprint density at radius 3 is 2.55 bits per heavy atom. The van der Waals surface area contributed by atoms with E-state index in [-0.39, 0.29) is 12.4 Å². The van der Waals surface area contributed by atoms with Gasteiger partial charge in [-0.05, 0) is 51.2 Å². The average Bonchev–Trinajstić information content (AvgIpc) is 2.01. The van der Waals surface area contributed by atoms with E-state index in [2.05, 4.69) is 22.6 Å². The van der Waals surface area contributed by atoms with Gasteiger partial charge in [-0.3, -0.25) is 0 Å². The number of hydrogen-bond donors (Lipinski definition) is 1. The quantitative estimate of drug-likeness (QED) is 0.591. The van der Waals surface area contributed by atoms with Crippen molar-refractivity contribution >= 4 is 45.2 Å². The lowest BCUT2D eigenvalue weighted by Gasteiger charge is -2.02. The summed E-state index contributed by atoms with van der Waals surface area (Å²) in [4.78, 5) is 0. The van der Waals surface area contributed by atoms with Crippen LogP contribution in [0.5, 0.6) is 0 Å². The molecule has 0 fully saturated rings. The molecule has 1 aromatic rings. The van der Waals surface area contributed by atoms with E-state index in [1.165, 1.54) is 0 Å². The molecule has 0 unspecified atom stereocenters. The summed E-state index contributed by atoms with van der Waals surface area (Å²) in [5.41, 5.74) is 5.90. The van der Waals surface area contributed by atoms with Gasteiger partial charge in [0, 0.05) is 15.7 Å². The van der Waals surface area contributed by atoms with Crippen molar-refractivity contribution in [2.45, 2.75) is 6.54 Å². The van der Waals surface area contributed by atoms with Gasteiger partial charge in [0.1, 0.15) is 5.82 Å². The maximum absolute atomic E-state index is 13.2. The van der Waals surface area contributed by atoms with Crippen LogP contribution in [0, 0.1) is 13.0 Å². The molecule has 0 spiro atoms. The number of hydrogen-bond acceptors (Lipinski definition) is 1. The predicted octanol–water partition coefficient (Wildman–Crippen LogP) is 2.49. The molecule has 2 N–H and O–H groups in total. The van der Waals surface area contributed by atoms with Gasteiger partial charge in [-0.15, -0.1) is 0 Å². The molecule has 0 heterocycles. The van der Waals surface area contributed by atoms with Gasteiger partial charge in [-0.2, -0.15) is 0 Å². The van der Waals surface area contributed by atoms with Gasteiger partial charge in [-0.25, -0.2) is 4.39 Å². The molecule has 11 heavy (non-hydrogen) atoms. The van der Waals surface area contributed by atoms with Gasteiger partial charge >= 0.3 is 0 Å². The van der Waals surface area contributed by atoms with Gasteiger partial charge in [0.25, 0.3) is 0 Å². The first-order valence-electron chi connectivity index (χ1n) is 2.99. The summed E-state index contributed by atoms with van der Waals surface area (Å²) >= 11 is 4.07. The van der Waals surface area contributed by atoms with Crippen LogP contribution < -0.4 is 5.73 Å². The van der Waals surface area contributed by atoms with Crippen LogP contribution in [0.4, 0.5) is 4.39 Å². The molecule has 0 saturated carbocycles. The Labute approximate surface area is 91.8 Å². The molecule has 0 bridgehead atoms. The van der Waals surface area contributed by atoms with E-state index < -0.39 is 0 Å². The molecule has 0 radical (unpaired) electrons. The summed E-state index contributed by atoms with van der Waals surface area (Å²) < 4.78 is 14.8. The Hall–Kier alpha value is 0.570. The van der Waals surface area contributed by atoms with Crippen molar-refractivity contribution in [3.8, 4) is 0 Å². The number of rotatable bonds is 1. The first-order chi connectivity index (χ1) is 5.16. The van der Waals surface area contributed by atoms with Gasteiger partial charge < -0.3 is 5.73 Å².